The van der Waals surface area contributed by atoms with Crippen molar-refractivity contribution in [1.29, 1.82) is 5.26 Å². The zero-order valence-electron chi connectivity index (χ0n) is 14.7. The van der Waals surface area contributed by atoms with Gasteiger partial charge in [-0.3, -0.25) is 4.40 Å². The Morgan fingerprint density at radius 2 is 2.15 bits per heavy atom. The number of hydrogen-bond donors (Lipinski definition) is 0. The molecule has 2 aliphatic rings. The van der Waals surface area contributed by atoms with Gasteiger partial charge >= 0.3 is 0 Å². The summed E-state index contributed by atoms with van der Waals surface area (Å²) >= 11 is 0. The van der Waals surface area contributed by atoms with E-state index in [1.165, 1.54) is 0 Å². The summed E-state index contributed by atoms with van der Waals surface area (Å²) in [5.41, 5.74) is 4.03. The molecule has 0 bridgehead atoms. The average Bonchev–Trinajstić information content (AvgIpc) is 3.26. The number of aryl methyl sites for hydroxylation is 1. The van der Waals surface area contributed by atoms with E-state index in [1.807, 2.05) is 25.1 Å². The molecule has 1 unspecified atom stereocenters. The normalized spacial score (nSPS) is 23.2. The molecule has 0 aliphatic carbocycles. The highest BCUT2D eigenvalue weighted by atomic mass is 16.6. The average molecular weight is 348 g/mol. The molecule has 2 saturated heterocycles. The summed E-state index contributed by atoms with van der Waals surface area (Å²) in [4.78, 5) is 7.10. The van der Waals surface area contributed by atoms with E-state index in [1.54, 1.807) is 0 Å². The van der Waals surface area contributed by atoms with Crippen LogP contribution >= 0.6 is 0 Å². The first kappa shape index (κ1) is 15.6. The lowest BCUT2D eigenvalue weighted by Gasteiger charge is -2.40. The second-order valence-electron chi connectivity index (χ2n) is 7.19. The third-order valence-corrected chi connectivity index (χ3v) is 5.50. The molecule has 1 atom stereocenters. The van der Waals surface area contributed by atoms with Gasteiger partial charge in [0.1, 0.15) is 17.5 Å². The van der Waals surface area contributed by atoms with Gasteiger partial charge < -0.3 is 14.4 Å². The van der Waals surface area contributed by atoms with Crippen molar-refractivity contribution < 1.29 is 9.47 Å². The van der Waals surface area contributed by atoms with Crippen molar-refractivity contribution in [2.45, 2.75) is 18.9 Å². The number of nitrogens with zero attached hydrogens (tertiary/aromatic N) is 4. The number of aromatic nitrogens is 2. The number of para-hydroxylation sites is 2. The van der Waals surface area contributed by atoms with Gasteiger partial charge in [0.25, 0.3) is 0 Å². The first-order valence-electron chi connectivity index (χ1n) is 8.98. The van der Waals surface area contributed by atoms with E-state index in [0.717, 1.165) is 54.2 Å². The second-order valence-corrected chi connectivity index (χ2v) is 7.19. The van der Waals surface area contributed by atoms with E-state index in [2.05, 4.69) is 27.5 Å². The van der Waals surface area contributed by atoms with Crippen molar-refractivity contribution >= 4 is 22.5 Å². The maximum absolute atomic E-state index is 9.66. The number of anilines is 1. The molecule has 5 rings (SSSR count). The number of benzene rings is 1. The summed E-state index contributed by atoms with van der Waals surface area (Å²) in [6.45, 7) is 5.66. The van der Waals surface area contributed by atoms with Crippen LogP contribution in [0.1, 0.15) is 17.5 Å². The molecule has 26 heavy (non-hydrogen) atoms. The molecular weight excluding hydrogens is 328 g/mol. The zero-order valence-corrected chi connectivity index (χ0v) is 14.7. The van der Waals surface area contributed by atoms with Crippen molar-refractivity contribution in [3.63, 3.8) is 0 Å². The standard InChI is InChI=1S/C20H20N4O2/c1-14-10-18(23-7-9-26-20(12-23)6-8-25-13-20)24-17-5-3-2-4-16(17)22-19(24)15(14)11-21/h2-5,10H,6-9,12-13H2,1H3. The topological polar surface area (TPSA) is 62.8 Å². The predicted molar refractivity (Wildman–Crippen MR) is 98.5 cm³/mol. The lowest BCUT2D eigenvalue weighted by Crippen LogP contribution is -2.53. The Hall–Kier alpha value is -2.62. The van der Waals surface area contributed by atoms with E-state index in [4.69, 9.17) is 14.5 Å². The molecule has 0 radical (unpaired) electrons. The van der Waals surface area contributed by atoms with Crippen LogP contribution in [0.4, 0.5) is 5.82 Å². The number of fused-ring (bicyclic) bond motifs is 3. The zero-order chi connectivity index (χ0) is 17.7. The van der Waals surface area contributed by atoms with Crippen LogP contribution in [0.3, 0.4) is 0 Å². The summed E-state index contributed by atoms with van der Waals surface area (Å²) in [5, 5.41) is 9.66. The molecule has 1 spiro atoms. The summed E-state index contributed by atoms with van der Waals surface area (Å²) in [7, 11) is 0. The van der Waals surface area contributed by atoms with Gasteiger partial charge in [-0.15, -0.1) is 0 Å². The summed E-state index contributed by atoms with van der Waals surface area (Å²) < 4.78 is 13.8. The fraction of sp³-hybridized carbons (Fsp3) is 0.400. The van der Waals surface area contributed by atoms with Crippen molar-refractivity contribution in [2.24, 2.45) is 0 Å². The quantitative estimate of drug-likeness (QED) is 0.676. The van der Waals surface area contributed by atoms with Crippen LogP contribution < -0.4 is 4.90 Å². The minimum Gasteiger partial charge on any atom is -0.378 e. The molecule has 3 aromatic rings. The van der Waals surface area contributed by atoms with E-state index < -0.39 is 0 Å². The number of rotatable bonds is 1. The number of nitriles is 1. The molecule has 6 heteroatoms. The first-order valence-corrected chi connectivity index (χ1v) is 8.98. The third kappa shape index (κ3) is 2.21. The Labute approximate surface area is 151 Å². The van der Waals surface area contributed by atoms with Gasteiger partial charge in [0.05, 0.1) is 36.4 Å². The SMILES string of the molecule is Cc1cc(N2CCOC3(CCOC3)C2)n2c(nc3ccccc32)c1C#N. The van der Waals surface area contributed by atoms with Crippen LogP contribution in [-0.2, 0) is 9.47 Å². The van der Waals surface area contributed by atoms with Gasteiger partial charge in [0.2, 0.25) is 0 Å². The van der Waals surface area contributed by atoms with Gasteiger partial charge in [-0.2, -0.15) is 5.26 Å². The third-order valence-electron chi connectivity index (χ3n) is 5.50. The van der Waals surface area contributed by atoms with Gasteiger partial charge in [-0.25, -0.2) is 4.98 Å². The Bertz CT molecular complexity index is 1040. The fourth-order valence-electron chi connectivity index (χ4n) is 4.17. The Morgan fingerprint density at radius 1 is 1.27 bits per heavy atom. The highest BCUT2D eigenvalue weighted by Crippen LogP contribution is 2.33. The maximum atomic E-state index is 9.66. The minimum absolute atomic E-state index is 0.219. The van der Waals surface area contributed by atoms with Gasteiger partial charge in [0, 0.05) is 19.6 Å². The lowest BCUT2D eigenvalue weighted by molar-refractivity contribution is -0.0581. The number of ether oxygens (including phenoxy) is 2. The Balaban J connectivity index is 1.73. The molecule has 0 saturated carbocycles. The van der Waals surface area contributed by atoms with Gasteiger partial charge in [-0.05, 0) is 30.7 Å². The number of morpholine rings is 1. The molecule has 6 nitrogen and oxygen atoms in total. The molecule has 1 aromatic carbocycles. The Kier molecular flexibility index (Phi) is 3.42. The van der Waals surface area contributed by atoms with Gasteiger partial charge in [-0.1, -0.05) is 12.1 Å². The largest absolute Gasteiger partial charge is 0.378 e. The van der Waals surface area contributed by atoms with Gasteiger partial charge in [0.15, 0.2) is 5.65 Å². The van der Waals surface area contributed by atoms with Crippen LogP contribution in [-0.4, -0.2) is 47.9 Å². The van der Waals surface area contributed by atoms with E-state index in [0.29, 0.717) is 18.8 Å². The van der Waals surface area contributed by atoms with Crippen molar-refractivity contribution in [3.05, 3.63) is 41.5 Å². The smallest absolute Gasteiger partial charge is 0.157 e. The van der Waals surface area contributed by atoms with Crippen LogP contribution in [0, 0.1) is 18.3 Å². The molecule has 2 aromatic heterocycles. The molecule has 2 fully saturated rings. The van der Waals surface area contributed by atoms with Crippen molar-refractivity contribution in [2.75, 3.05) is 37.8 Å². The minimum atomic E-state index is -0.219. The van der Waals surface area contributed by atoms with Crippen LogP contribution in [0.5, 0.6) is 0 Å². The summed E-state index contributed by atoms with van der Waals surface area (Å²) in [5.74, 6) is 1.07. The lowest BCUT2D eigenvalue weighted by atomic mass is 10.0. The molecule has 2 aliphatic heterocycles. The van der Waals surface area contributed by atoms with Crippen molar-refractivity contribution in [3.8, 4) is 6.07 Å². The first-order chi connectivity index (χ1) is 12.7. The number of hydrogen-bond acceptors (Lipinski definition) is 5. The highest BCUT2D eigenvalue weighted by Gasteiger charge is 2.41. The van der Waals surface area contributed by atoms with E-state index in [9.17, 15) is 5.26 Å². The predicted octanol–water partition coefficient (Wildman–Crippen LogP) is 2.66. The molecular formula is C20H20N4O2. The monoisotopic (exact) mass is 348 g/mol. The van der Waals surface area contributed by atoms with Crippen LogP contribution in [0.2, 0.25) is 0 Å². The second kappa shape index (κ2) is 5.70. The Morgan fingerprint density at radius 3 is 2.96 bits per heavy atom. The van der Waals surface area contributed by atoms with E-state index in [-0.39, 0.29) is 5.60 Å². The summed E-state index contributed by atoms with van der Waals surface area (Å²) in [6, 6.07) is 12.5. The summed E-state index contributed by atoms with van der Waals surface area (Å²) in [6.07, 6.45) is 0.923. The number of pyridine rings is 1. The van der Waals surface area contributed by atoms with Crippen molar-refractivity contribution in [1.82, 2.24) is 9.38 Å². The molecule has 0 N–H and O–H groups in total. The molecule has 0 amide bonds. The highest BCUT2D eigenvalue weighted by molar-refractivity contribution is 5.85. The fourth-order valence-corrected chi connectivity index (χ4v) is 4.17. The maximum Gasteiger partial charge on any atom is 0.157 e. The van der Waals surface area contributed by atoms with Crippen LogP contribution in [0.25, 0.3) is 16.7 Å². The number of imidazole rings is 1. The molecule has 132 valence electrons. The van der Waals surface area contributed by atoms with E-state index >= 15 is 0 Å². The molecule has 4 heterocycles. The van der Waals surface area contributed by atoms with Crippen LogP contribution in [0.15, 0.2) is 30.3 Å².